The molecule has 0 aromatic carbocycles. The lowest BCUT2D eigenvalue weighted by Gasteiger charge is -2.41. The minimum Gasteiger partial charge on any atom is -0.393 e. The van der Waals surface area contributed by atoms with Gasteiger partial charge in [-0.1, -0.05) is 135 Å². The smallest absolute Gasteiger partial charge is 0.393 e. The molecule has 9 N–H and O–H groups in total. The monoisotopic (exact) mass is 739 g/mol. The molecule has 1 fully saturated rings. The van der Waals surface area contributed by atoms with E-state index in [9.17, 15) is 50.0 Å². The first-order valence-electron chi connectivity index (χ1n) is 19.2. The Balaban J connectivity index is 2.63. The number of phosphoric ester groups is 1. The van der Waals surface area contributed by atoms with Gasteiger partial charge in [0.05, 0.1) is 31.3 Å². The third-order valence-electron chi connectivity index (χ3n) is 9.37. The third kappa shape index (κ3) is 20.3. The summed E-state index contributed by atoms with van der Waals surface area (Å²) < 4.78 is 22.6. The van der Waals surface area contributed by atoms with Gasteiger partial charge in [-0.05, 0) is 19.3 Å². The standard InChI is InChI=1S/C36H70NO12P/c1-3-5-7-9-11-13-14-15-16-17-19-21-23-27(38)25-30(40)37-28(29(39)24-22-20-18-12-10-8-6-4-2)26-48-50(46,47)49-36-34(44)32(42)31(41)33(43)35(36)45/h22,24,27-29,31-36,38-39,41-45H,3-21,23,25-26H2,1-2H3,(H,37,40)(H,46,47)/b24-22+. The van der Waals surface area contributed by atoms with Gasteiger partial charge < -0.3 is 46.0 Å². The summed E-state index contributed by atoms with van der Waals surface area (Å²) in [4.78, 5) is 23.2. The second-order valence-corrected chi connectivity index (χ2v) is 15.4. The second kappa shape index (κ2) is 27.6. The quantitative estimate of drug-likeness (QED) is 0.0286. The van der Waals surface area contributed by atoms with Crippen molar-refractivity contribution in [2.24, 2.45) is 0 Å². The van der Waals surface area contributed by atoms with Crippen LogP contribution in [0, 0.1) is 0 Å². The van der Waals surface area contributed by atoms with Gasteiger partial charge in [0.2, 0.25) is 5.91 Å². The van der Waals surface area contributed by atoms with E-state index in [1.54, 1.807) is 6.08 Å². The van der Waals surface area contributed by atoms with Gasteiger partial charge in [0.15, 0.2) is 0 Å². The first-order chi connectivity index (χ1) is 23.8. The van der Waals surface area contributed by atoms with Crippen molar-refractivity contribution in [3.05, 3.63) is 12.2 Å². The summed E-state index contributed by atoms with van der Waals surface area (Å²) in [5.74, 6) is -0.597. The number of aliphatic hydroxyl groups is 7. The molecule has 1 aliphatic carbocycles. The van der Waals surface area contributed by atoms with E-state index in [0.717, 1.165) is 57.8 Å². The predicted octanol–water partition coefficient (Wildman–Crippen LogP) is 4.30. The Morgan fingerprint density at radius 1 is 0.700 bits per heavy atom. The zero-order valence-electron chi connectivity index (χ0n) is 30.6. The van der Waals surface area contributed by atoms with E-state index in [0.29, 0.717) is 12.8 Å². The molecular weight excluding hydrogens is 669 g/mol. The number of rotatable bonds is 30. The minimum atomic E-state index is -5.12. The van der Waals surface area contributed by atoms with E-state index in [1.807, 2.05) is 0 Å². The van der Waals surface area contributed by atoms with Gasteiger partial charge in [-0.25, -0.2) is 4.57 Å². The Kier molecular flexibility index (Phi) is 26.0. The van der Waals surface area contributed by atoms with Crippen LogP contribution in [0.3, 0.4) is 0 Å². The maximum atomic E-state index is 12.8. The molecule has 8 unspecified atom stereocenters. The molecule has 1 amide bonds. The molecule has 1 saturated carbocycles. The van der Waals surface area contributed by atoms with Crippen LogP contribution in [0.5, 0.6) is 0 Å². The van der Waals surface area contributed by atoms with Gasteiger partial charge in [-0.15, -0.1) is 0 Å². The maximum absolute atomic E-state index is 12.8. The van der Waals surface area contributed by atoms with Crippen LogP contribution in [0.4, 0.5) is 0 Å². The number of hydrogen-bond acceptors (Lipinski definition) is 11. The molecule has 0 heterocycles. The molecule has 0 spiro atoms. The molecule has 0 bridgehead atoms. The largest absolute Gasteiger partial charge is 0.472 e. The Hall–Kier alpha value is -0.960. The van der Waals surface area contributed by atoms with E-state index in [-0.39, 0.29) is 6.42 Å². The lowest BCUT2D eigenvalue weighted by Crippen LogP contribution is -2.64. The number of hydrogen-bond donors (Lipinski definition) is 9. The molecule has 1 aliphatic rings. The van der Waals surface area contributed by atoms with Crippen molar-refractivity contribution in [3.8, 4) is 0 Å². The maximum Gasteiger partial charge on any atom is 0.472 e. The molecule has 0 aromatic rings. The van der Waals surface area contributed by atoms with Crippen LogP contribution in [0.1, 0.15) is 149 Å². The van der Waals surface area contributed by atoms with Gasteiger partial charge in [-0.3, -0.25) is 13.8 Å². The van der Waals surface area contributed by atoms with Crippen LogP contribution in [0.15, 0.2) is 12.2 Å². The van der Waals surface area contributed by atoms with Crippen molar-refractivity contribution in [2.45, 2.75) is 204 Å². The zero-order valence-corrected chi connectivity index (χ0v) is 31.5. The first-order valence-corrected chi connectivity index (χ1v) is 20.7. The van der Waals surface area contributed by atoms with Crippen LogP contribution in [-0.4, -0.2) is 108 Å². The van der Waals surface area contributed by atoms with Gasteiger partial charge in [0.1, 0.15) is 36.6 Å². The molecule has 0 aliphatic heterocycles. The number of aliphatic hydroxyl groups excluding tert-OH is 7. The number of allylic oxidation sites excluding steroid dienone is 1. The zero-order chi connectivity index (χ0) is 37.4. The number of amides is 1. The third-order valence-corrected chi connectivity index (χ3v) is 10.4. The fourth-order valence-electron chi connectivity index (χ4n) is 6.12. The Morgan fingerprint density at radius 2 is 1.14 bits per heavy atom. The summed E-state index contributed by atoms with van der Waals surface area (Å²) in [5, 5.41) is 73.8. The van der Waals surface area contributed by atoms with Crippen molar-refractivity contribution in [1.82, 2.24) is 5.32 Å². The van der Waals surface area contributed by atoms with E-state index in [1.165, 1.54) is 63.9 Å². The first kappa shape index (κ1) is 47.1. The second-order valence-electron chi connectivity index (χ2n) is 14.0. The summed E-state index contributed by atoms with van der Waals surface area (Å²) in [5.41, 5.74) is 0. The summed E-state index contributed by atoms with van der Waals surface area (Å²) in [6.07, 6.45) is 10.6. The predicted molar refractivity (Wildman–Crippen MR) is 192 cm³/mol. The summed E-state index contributed by atoms with van der Waals surface area (Å²) >= 11 is 0. The van der Waals surface area contributed by atoms with Crippen LogP contribution in [0.2, 0.25) is 0 Å². The topological polar surface area (TPSA) is 226 Å². The highest BCUT2D eigenvalue weighted by Crippen LogP contribution is 2.47. The molecule has 296 valence electrons. The van der Waals surface area contributed by atoms with Crippen LogP contribution < -0.4 is 5.32 Å². The molecule has 8 atom stereocenters. The molecule has 1 rings (SSSR count). The lowest BCUT2D eigenvalue weighted by atomic mass is 9.85. The van der Waals surface area contributed by atoms with Crippen molar-refractivity contribution in [3.63, 3.8) is 0 Å². The minimum absolute atomic E-state index is 0.241. The SMILES string of the molecule is CCCCCCCC/C=C/C(O)C(COP(=O)(O)OC1C(O)C(O)C(O)C(O)C1O)NC(=O)CC(O)CCCCCCCCCCCCCC. The van der Waals surface area contributed by atoms with Crippen molar-refractivity contribution < 1.29 is 59.0 Å². The Bertz CT molecular complexity index is 927. The average molecular weight is 740 g/mol. The number of phosphoric acid groups is 1. The molecule has 50 heavy (non-hydrogen) atoms. The van der Waals surface area contributed by atoms with Crippen LogP contribution in [-0.2, 0) is 18.4 Å². The van der Waals surface area contributed by atoms with Crippen LogP contribution >= 0.6 is 7.82 Å². The number of carbonyl (C=O) groups is 1. The molecule has 0 saturated heterocycles. The normalized spacial score (nSPS) is 25.7. The highest BCUT2D eigenvalue weighted by molar-refractivity contribution is 7.47. The van der Waals surface area contributed by atoms with Gasteiger partial charge >= 0.3 is 7.82 Å². The lowest BCUT2D eigenvalue weighted by molar-refractivity contribution is -0.220. The number of unbranched alkanes of at least 4 members (excludes halogenated alkanes) is 17. The number of nitrogens with one attached hydrogen (secondary N) is 1. The fourth-order valence-corrected chi connectivity index (χ4v) is 7.09. The highest BCUT2D eigenvalue weighted by atomic mass is 31.2. The van der Waals surface area contributed by atoms with E-state index >= 15 is 0 Å². The molecule has 0 radical (unpaired) electrons. The molecular formula is C36H70NO12P. The fraction of sp³-hybridized carbons (Fsp3) is 0.917. The summed E-state index contributed by atoms with van der Waals surface area (Å²) in [6.45, 7) is 3.63. The van der Waals surface area contributed by atoms with Crippen LogP contribution in [0.25, 0.3) is 0 Å². The average Bonchev–Trinajstić information content (AvgIpc) is 3.08. The van der Waals surface area contributed by atoms with Crippen molar-refractivity contribution in [2.75, 3.05) is 6.61 Å². The Labute approximate surface area is 300 Å². The number of carbonyl (C=O) groups excluding carboxylic acids is 1. The Morgan fingerprint density at radius 3 is 1.64 bits per heavy atom. The summed E-state index contributed by atoms with van der Waals surface area (Å²) in [7, 11) is -5.12. The van der Waals surface area contributed by atoms with Gasteiger partial charge in [0, 0.05) is 0 Å². The molecule has 13 nitrogen and oxygen atoms in total. The van der Waals surface area contributed by atoms with E-state index < -0.39 is 75.2 Å². The summed E-state index contributed by atoms with van der Waals surface area (Å²) in [6, 6.07) is -1.23. The van der Waals surface area contributed by atoms with Crippen molar-refractivity contribution in [1.29, 1.82) is 0 Å². The molecule has 0 aromatic heterocycles. The van der Waals surface area contributed by atoms with Gasteiger partial charge in [0.25, 0.3) is 0 Å². The van der Waals surface area contributed by atoms with E-state index in [2.05, 4.69) is 19.2 Å². The highest BCUT2D eigenvalue weighted by Gasteiger charge is 2.51. The van der Waals surface area contributed by atoms with E-state index in [4.69, 9.17) is 9.05 Å². The van der Waals surface area contributed by atoms with Crippen molar-refractivity contribution >= 4 is 13.7 Å². The molecule has 14 heteroatoms. The van der Waals surface area contributed by atoms with Gasteiger partial charge in [-0.2, -0.15) is 0 Å².